The van der Waals surface area contributed by atoms with Gasteiger partial charge in [-0.2, -0.15) is 4.98 Å². The summed E-state index contributed by atoms with van der Waals surface area (Å²) in [4.78, 5) is 28.6. The molecule has 7 nitrogen and oxygen atoms in total. The molecule has 4 aromatic rings. The Balaban J connectivity index is 1.35. The molecule has 0 bridgehead atoms. The van der Waals surface area contributed by atoms with Gasteiger partial charge in [0.05, 0.1) is 28.3 Å². The Morgan fingerprint density at radius 2 is 1.88 bits per heavy atom. The number of likely N-dealkylation sites (tertiary alicyclic amines) is 1. The molecule has 5 rings (SSSR count). The van der Waals surface area contributed by atoms with Gasteiger partial charge in [0.15, 0.2) is 0 Å². The Hall–Kier alpha value is -3.68. The van der Waals surface area contributed by atoms with Crippen LogP contribution in [0.4, 0.5) is 4.39 Å². The second-order valence-electron chi connectivity index (χ2n) is 8.15. The number of aromatic nitrogens is 4. The molecule has 2 aromatic carbocycles. The van der Waals surface area contributed by atoms with Crippen LogP contribution in [-0.2, 0) is 0 Å². The summed E-state index contributed by atoms with van der Waals surface area (Å²) in [7, 11) is 0. The maximum absolute atomic E-state index is 13.5. The van der Waals surface area contributed by atoms with Crippen molar-refractivity contribution in [2.75, 3.05) is 13.1 Å². The zero-order valence-electron chi connectivity index (χ0n) is 17.9. The van der Waals surface area contributed by atoms with Gasteiger partial charge < -0.3 is 9.42 Å². The highest BCUT2D eigenvalue weighted by atomic mass is 19.1. The standard InChI is InChI=1S/C24H22FN5O2/c1-14-15(2)27-21-12-17(8-9-20(21)26-14)24(31)30-10-4-6-18(13-30)23-28-22(29-32-23)16-5-3-7-19(25)11-16/h3,5,7-9,11-12,18H,4,6,10,13H2,1-2H3. The molecule has 3 heterocycles. The fourth-order valence-electron chi connectivity index (χ4n) is 4.06. The van der Waals surface area contributed by atoms with Gasteiger partial charge in [0, 0.05) is 24.2 Å². The number of benzene rings is 2. The molecule has 1 fully saturated rings. The molecule has 162 valence electrons. The molecular formula is C24H22FN5O2. The van der Waals surface area contributed by atoms with Gasteiger partial charge in [-0.05, 0) is 57.0 Å². The first-order chi connectivity index (χ1) is 15.5. The van der Waals surface area contributed by atoms with Crippen LogP contribution in [0.25, 0.3) is 22.4 Å². The highest BCUT2D eigenvalue weighted by molar-refractivity contribution is 5.97. The first-order valence-corrected chi connectivity index (χ1v) is 10.6. The first-order valence-electron chi connectivity index (χ1n) is 10.6. The van der Waals surface area contributed by atoms with Gasteiger partial charge in [0.25, 0.3) is 5.91 Å². The third-order valence-corrected chi connectivity index (χ3v) is 5.90. The Bertz CT molecular complexity index is 1320. The molecule has 1 aliphatic heterocycles. The molecule has 1 atom stereocenters. The van der Waals surface area contributed by atoms with Crippen molar-refractivity contribution >= 4 is 16.9 Å². The summed E-state index contributed by atoms with van der Waals surface area (Å²) in [5, 5.41) is 4.01. The zero-order valence-corrected chi connectivity index (χ0v) is 17.9. The maximum atomic E-state index is 13.5. The monoisotopic (exact) mass is 431 g/mol. The Labute approximate surface area is 184 Å². The van der Waals surface area contributed by atoms with E-state index in [1.807, 2.05) is 24.8 Å². The molecule has 1 amide bonds. The van der Waals surface area contributed by atoms with Gasteiger partial charge in [-0.3, -0.25) is 4.79 Å². The van der Waals surface area contributed by atoms with Gasteiger partial charge in [0.1, 0.15) is 5.82 Å². The van der Waals surface area contributed by atoms with E-state index in [1.165, 1.54) is 12.1 Å². The van der Waals surface area contributed by atoms with Gasteiger partial charge in [-0.25, -0.2) is 14.4 Å². The van der Waals surface area contributed by atoms with Crippen molar-refractivity contribution in [3.05, 3.63) is 71.1 Å². The van der Waals surface area contributed by atoms with Crippen LogP contribution in [-0.4, -0.2) is 44.0 Å². The van der Waals surface area contributed by atoms with Crippen LogP contribution in [0.2, 0.25) is 0 Å². The van der Waals surface area contributed by atoms with E-state index in [-0.39, 0.29) is 17.6 Å². The summed E-state index contributed by atoms with van der Waals surface area (Å²) >= 11 is 0. The van der Waals surface area contributed by atoms with E-state index < -0.39 is 0 Å². The van der Waals surface area contributed by atoms with Gasteiger partial charge >= 0.3 is 0 Å². The predicted octanol–water partition coefficient (Wildman–Crippen LogP) is 4.46. The van der Waals surface area contributed by atoms with Gasteiger partial charge in [0.2, 0.25) is 11.7 Å². The van der Waals surface area contributed by atoms with Crippen LogP contribution in [0, 0.1) is 19.7 Å². The first kappa shape index (κ1) is 20.2. The topological polar surface area (TPSA) is 85.0 Å². The Morgan fingerprint density at radius 3 is 2.69 bits per heavy atom. The smallest absolute Gasteiger partial charge is 0.253 e. The van der Waals surface area contributed by atoms with Crippen LogP contribution >= 0.6 is 0 Å². The number of nitrogens with zero attached hydrogens (tertiary/aromatic N) is 5. The quantitative estimate of drug-likeness (QED) is 0.476. The Kier molecular flexibility index (Phi) is 5.13. The van der Waals surface area contributed by atoms with E-state index in [9.17, 15) is 9.18 Å². The molecule has 0 N–H and O–H groups in total. The lowest BCUT2D eigenvalue weighted by molar-refractivity contribution is 0.0696. The van der Waals surface area contributed by atoms with Crippen molar-refractivity contribution < 1.29 is 13.7 Å². The zero-order chi connectivity index (χ0) is 22.2. The molecule has 0 radical (unpaired) electrons. The molecule has 0 aliphatic carbocycles. The number of fused-ring (bicyclic) bond motifs is 1. The van der Waals surface area contributed by atoms with Crippen molar-refractivity contribution in [1.29, 1.82) is 0 Å². The lowest BCUT2D eigenvalue weighted by atomic mass is 9.97. The van der Waals surface area contributed by atoms with Crippen LogP contribution < -0.4 is 0 Å². The van der Waals surface area contributed by atoms with Crippen LogP contribution in [0.3, 0.4) is 0 Å². The van der Waals surface area contributed by atoms with Crippen molar-refractivity contribution in [3.63, 3.8) is 0 Å². The number of hydrogen-bond acceptors (Lipinski definition) is 6. The fourth-order valence-corrected chi connectivity index (χ4v) is 4.06. The highest BCUT2D eigenvalue weighted by Crippen LogP contribution is 2.29. The summed E-state index contributed by atoms with van der Waals surface area (Å²) in [6.45, 7) is 4.98. The molecule has 1 unspecified atom stereocenters. The minimum atomic E-state index is -0.353. The average Bonchev–Trinajstić information content (AvgIpc) is 3.30. The molecule has 1 saturated heterocycles. The van der Waals surface area contributed by atoms with E-state index in [4.69, 9.17) is 4.52 Å². The normalized spacial score (nSPS) is 16.5. The SMILES string of the molecule is Cc1nc2ccc(C(=O)N3CCCC(c4nc(-c5cccc(F)c5)no4)C3)cc2nc1C. The summed E-state index contributed by atoms with van der Waals surface area (Å²) in [5.74, 6) is 0.349. The molecule has 2 aromatic heterocycles. The number of hydrogen-bond donors (Lipinski definition) is 0. The van der Waals surface area contributed by atoms with Crippen LogP contribution in [0.5, 0.6) is 0 Å². The summed E-state index contributed by atoms with van der Waals surface area (Å²) in [5.41, 5.74) is 4.37. The van der Waals surface area contributed by atoms with Crippen molar-refractivity contribution in [3.8, 4) is 11.4 Å². The third-order valence-electron chi connectivity index (χ3n) is 5.90. The van der Waals surface area contributed by atoms with E-state index in [0.717, 1.165) is 29.7 Å². The van der Waals surface area contributed by atoms with E-state index >= 15 is 0 Å². The number of halogens is 1. The number of carbonyl (C=O) groups excluding carboxylic acids is 1. The average molecular weight is 431 g/mol. The summed E-state index contributed by atoms with van der Waals surface area (Å²) in [6, 6.07) is 11.5. The summed E-state index contributed by atoms with van der Waals surface area (Å²) < 4.78 is 19.0. The number of amides is 1. The molecule has 8 heteroatoms. The Morgan fingerprint density at radius 1 is 1.06 bits per heavy atom. The molecule has 32 heavy (non-hydrogen) atoms. The minimum absolute atomic E-state index is 0.0542. The highest BCUT2D eigenvalue weighted by Gasteiger charge is 2.29. The van der Waals surface area contributed by atoms with Crippen molar-refractivity contribution in [1.82, 2.24) is 25.0 Å². The van der Waals surface area contributed by atoms with Crippen LogP contribution in [0.1, 0.15) is 46.4 Å². The van der Waals surface area contributed by atoms with E-state index in [2.05, 4.69) is 20.1 Å². The number of rotatable bonds is 3. The van der Waals surface area contributed by atoms with Gasteiger partial charge in [-0.15, -0.1) is 0 Å². The van der Waals surface area contributed by atoms with Crippen molar-refractivity contribution in [2.45, 2.75) is 32.6 Å². The molecule has 0 saturated carbocycles. The third kappa shape index (κ3) is 3.84. The van der Waals surface area contributed by atoms with Crippen LogP contribution in [0.15, 0.2) is 47.0 Å². The number of piperidine rings is 1. The van der Waals surface area contributed by atoms with Gasteiger partial charge in [-0.1, -0.05) is 17.3 Å². The number of carbonyl (C=O) groups is 1. The lowest BCUT2D eigenvalue weighted by Crippen LogP contribution is -2.39. The largest absolute Gasteiger partial charge is 0.339 e. The lowest BCUT2D eigenvalue weighted by Gasteiger charge is -2.31. The minimum Gasteiger partial charge on any atom is -0.339 e. The number of aryl methyl sites for hydroxylation is 2. The van der Waals surface area contributed by atoms with E-state index in [0.29, 0.717) is 41.4 Å². The molecule has 0 spiro atoms. The molecule has 1 aliphatic rings. The van der Waals surface area contributed by atoms with E-state index in [1.54, 1.807) is 24.3 Å². The second-order valence-corrected chi connectivity index (χ2v) is 8.15. The fraction of sp³-hybridized carbons (Fsp3) is 0.292. The van der Waals surface area contributed by atoms with Crippen molar-refractivity contribution in [2.24, 2.45) is 0 Å². The second kappa shape index (κ2) is 8.11. The predicted molar refractivity (Wildman–Crippen MR) is 117 cm³/mol. The summed E-state index contributed by atoms with van der Waals surface area (Å²) in [6.07, 6.45) is 1.68. The molecular weight excluding hydrogens is 409 g/mol. The maximum Gasteiger partial charge on any atom is 0.253 e.